The average molecular weight is 404 g/mol. The Kier molecular flexibility index (Phi) is 6.73. The first-order valence-corrected chi connectivity index (χ1v) is 9.74. The molecule has 1 N–H and O–H groups in total. The van der Waals surface area contributed by atoms with E-state index in [1.165, 1.54) is 5.56 Å². The zero-order valence-electron chi connectivity index (χ0n) is 14.6. The van der Waals surface area contributed by atoms with Gasteiger partial charge in [-0.05, 0) is 29.8 Å². The molecular formula is C19H18ClN3O3S. The maximum Gasteiger partial charge on any atom is 0.236 e. The van der Waals surface area contributed by atoms with E-state index in [4.69, 9.17) is 20.9 Å². The van der Waals surface area contributed by atoms with Crippen LogP contribution in [0.1, 0.15) is 17.3 Å². The Balaban J connectivity index is 1.48. The van der Waals surface area contributed by atoms with Gasteiger partial charge < -0.3 is 14.6 Å². The lowest BCUT2D eigenvalue weighted by Gasteiger charge is -2.08. The predicted molar refractivity (Wildman–Crippen MR) is 106 cm³/mol. The van der Waals surface area contributed by atoms with E-state index in [-0.39, 0.29) is 12.3 Å². The molecule has 2 aromatic carbocycles. The number of thioether (sulfide) groups is 1. The first kappa shape index (κ1) is 19.3. The number of ether oxygens (including phenoxy) is 1. The fourth-order valence-corrected chi connectivity index (χ4v) is 3.29. The Morgan fingerprint density at radius 1 is 1.19 bits per heavy atom. The summed E-state index contributed by atoms with van der Waals surface area (Å²) in [6.45, 7) is 0. The number of hydrogen-bond donors (Lipinski definition) is 1. The highest BCUT2D eigenvalue weighted by Gasteiger charge is 2.13. The van der Waals surface area contributed by atoms with Crippen molar-refractivity contribution >= 4 is 35.0 Å². The molecule has 0 saturated heterocycles. The standard InChI is InChI=1S/C19H18ClN3O3S/c1-25-16-5-3-2-4-15(16)21-18(24)10-17-22-19(26-23-17)12-27-11-13-6-8-14(20)9-7-13/h2-9H,10-12H2,1H3,(H,21,24). The second kappa shape index (κ2) is 9.43. The zero-order chi connectivity index (χ0) is 19.1. The van der Waals surface area contributed by atoms with Crippen LogP contribution in [0, 0.1) is 0 Å². The van der Waals surface area contributed by atoms with Gasteiger partial charge in [0.1, 0.15) is 5.75 Å². The highest BCUT2D eigenvalue weighted by molar-refractivity contribution is 7.97. The number of hydrogen-bond acceptors (Lipinski definition) is 6. The highest BCUT2D eigenvalue weighted by Crippen LogP contribution is 2.23. The molecule has 0 fully saturated rings. The lowest BCUT2D eigenvalue weighted by Crippen LogP contribution is -2.15. The zero-order valence-corrected chi connectivity index (χ0v) is 16.2. The topological polar surface area (TPSA) is 77.2 Å². The van der Waals surface area contributed by atoms with E-state index in [2.05, 4.69) is 15.5 Å². The fourth-order valence-electron chi connectivity index (χ4n) is 2.34. The molecule has 0 bridgehead atoms. The molecule has 3 rings (SSSR count). The van der Waals surface area contributed by atoms with E-state index < -0.39 is 0 Å². The van der Waals surface area contributed by atoms with Crippen LogP contribution < -0.4 is 10.1 Å². The SMILES string of the molecule is COc1ccccc1NC(=O)Cc1noc(CSCc2ccc(Cl)cc2)n1. The summed E-state index contributed by atoms with van der Waals surface area (Å²) >= 11 is 7.52. The number of nitrogens with zero attached hydrogens (tertiary/aromatic N) is 2. The van der Waals surface area contributed by atoms with Gasteiger partial charge in [-0.25, -0.2) is 0 Å². The number of carbonyl (C=O) groups excluding carboxylic acids is 1. The van der Waals surface area contributed by atoms with Crippen LogP contribution in [0.25, 0.3) is 0 Å². The summed E-state index contributed by atoms with van der Waals surface area (Å²) in [5, 5.41) is 7.37. The molecular weight excluding hydrogens is 386 g/mol. The van der Waals surface area contributed by atoms with Gasteiger partial charge >= 0.3 is 0 Å². The van der Waals surface area contributed by atoms with E-state index in [1.807, 2.05) is 36.4 Å². The van der Waals surface area contributed by atoms with E-state index in [1.54, 1.807) is 31.0 Å². The van der Waals surface area contributed by atoms with Gasteiger partial charge in [0.05, 0.1) is 25.0 Å². The van der Waals surface area contributed by atoms with Crippen molar-refractivity contribution < 1.29 is 14.1 Å². The number of methoxy groups -OCH3 is 1. The number of halogens is 1. The minimum Gasteiger partial charge on any atom is -0.495 e. The lowest BCUT2D eigenvalue weighted by molar-refractivity contribution is -0.115. The van der Waals surface area contributed by atoms with Gasteiger partial charge in [0.25, 0.3) is 0 Å². The fraction of sp³-hybridized carbons (Fsp3) is 0.211. The van der Waals surface area contributed by atoms with Crippen LogP contribution in [-0.2, 0) is 22.7 Å². The predicted octanol–water partition coefficient (Wildman–Crippen LogP) is 4.35. The first-order chi connectivity index (χ1) is 13.1. The lowest BCUT2D eigenvalue weighted by atomic mass is 10.2. The molecule has 0 atom stereocenters. The van der Waals surface area contributed by atoms with Crippen molar-refractivity contribution in [2.45, 2.75) is 17.9 Å². The molecule has 0 radical (unpaired) electrons. The van der Waals surface area contributed by atoms with Gasteiger partial charge in [0.15, 0.2) is 5.82 Å². The molecule has 1 heterocycles. The van der Waals surface area contributed by atoms with Crippen LogP contribution in [0.2, 0.25) is 5.02 Å². The minimum atomic E-state index is -0.235. The Morgan fingerprint density at radius 2 is 1.96 bits per heavy atom. The maximum absolute atomic E-state index is 12.2. The van der Waals surface area contributed by atoms with Crippen LogP contribution in [0.15, 0.2) is 53.1 Å². The number of nitrogens with one attached hydrogen (secondary N) is 1. The Hall–Kier alpha value is -2.51. The van der Waals surface area contributed by atoms with Gasteiger partial charge in [0, 0.05) is 10.8 Å². The molecule has 140 valence electrons. The maximum atomic E-state index is 12.2. The van der Waals surface area contributed by atoms with E-state index in [0.29, 0.717) is 28.9 Å². The van der Waals surface area contributed by atoms with Gasteiger partial charge in [-0.2, -0.15) is 4.98 Å². The molecule has 0 aliphatic carbocycles. The molecule has 3 aromatic rings. The molecule has 1 aromatic heterocycles. The summed E-state index contributed by atoms with van der Waals surface area (Å²) in [7, 11) is 1.55. The number of anilines is 1. The van der Waals surface area contributed by atoms with Crippen LogP contribution >= 0.6 is 23.4 Å². The summed E-state index contributed by atoms with van der Waals surface area (Å²) in [6, 6.07) is 14.9. The van der Waals surface area contributed by atoms with Crippen LogP contribution in [0.4, 0.5) is 5.69 Å². The van der Waals surface area contributed by atoms with Crippen LogP contribution in [0.5, 0.6) is 5.75 Å². The monoisotopic (exact) mass is 403 g/mol. The normalized spacial score (nSPS) is 10.6. The van der Waals surface area contributed by atoms with E-state index in [0.717, 1.165) is 10.8 Å². The molecule has 0 saturated carbocycles. The van der Waals surface area contributed by atoms with Crippen molar-refractivity contribution in [3.05, 3.63) is 70.8 Å². The van der Waals surface area contributed by atoms with Crippen molar-refractivity contribution in [3.8, 4) is 5.75 Å². The third-order valence-corrected chi connectivity index (χ3v) is 4.86. The number of aromatic nitrogens is 2. The third kappa shape index (κ3) is 5.74. The Bertz CT molecular complexity index is 899. The van der Waals surface area contributed by atoms with Gasteiger partial charge in [-0.1, -0.05) is 41.0 Å². The van der Waals surface area contributed by atoms with Crippen molar-refractivity contribution in [2.75, 3.05) is 12.4 Å². The van der Waals surface area contributed by atoms with Crippen LogP contribution in [0.3, 0.4) is 0 Å². The number of amides is 1. The molecule has 8 heteroatoms. The largest absolute Gasteiger partial charge is 0.495 e. The molecule has 0 aliphatic rings. The summed E-state index contributed by atoms with van der Waals surface area (Å²) in [5.41, 5.74) is 1.77. The molecule has 1 amide bonds. The summed E-state index contributed by atoms with van der Waals surface area (Å²) < 4.78 is 10.4. The summed E-state index contributed by atoms with van der Waals surface area (Å²) in [5.74, 6) is 2.59. The number of benzene rings is 2. The minimum absolute atomic E-state index is 0.0312. The Morgan fingerprint density at radius 3 is 2.74 bits per heavy atom. The molecule has 0 aliphatic heterocycles. The van der Waals surface area contributed by atoms with Gasteiger partial charge in [-0.15, -0.1) is 11.8 Å². The van der Waals surface area contributed by atoms with Crippen molar-refractivity contribution in [2.24, 2.45) is 0 Å². The second-order valence-electron chi connectivity index (χ2n) is 5.65. The van der Waals surface area contributed by atoms with Crippen LogP contribution in [-0.4, -0.2) is 23.2 Å². The van der Waals surface area contributed by atoms with E-state index in [9.17, 15) is 4.79 Å². The quantitative estimate of drug-likeness (QED) is 0.602. The average Bonchev–Trinajstić information content (AvgIpc) is 3.11. The number of carbonyl (C=O) groups is 1. The molecule has 0 spiro atoms. The van der Waals surface area contributed by atoms with Gasteiger partial charge in [-0.3, -0.25) is 4.79 Å². The molecule has 27 heavy (non-hydrogen) atoms. The Labute approximate surface area is 166 Å². The van der Waals surface area contributed by atoms with Crippen molar-refractivity contribution in [3.63, 3.8) is 0 Å². The second-order valence-corrected chi connectivity index (χ2v) is 7.07. The smallest absolute Gasteiger partial charge is 0.236 e. The molecule has 6 nitrogen and oxygen atoms in total. The van der Waals surface area contributed by atoms with Crippen molar-refractivity contribution in [1.29, 1.82) is 0 Å². The third-order valence-electron chi connectivity index (χ3n) is 3.62. The highest BCUT2D eigenvalue weighted by atomic mass is 35.5. The number of para-hydroxylation sites is 2. The first-order valence-electron chi connectivity index (χ1n) is 8.20. The summed E-state index contributed by atoms with van der Waals surface area (Å²) in [6.07, 6.45) is 0.0312. The number of rotatable bonds is 8. The van der Waals surface area contributed by atoms with Gasteiger partial charge in [0.2, 0.25) is 11.8 Å². The van der Waals surface area contributed by atoms with Crippen molar-refractivity contribution in [1.82, 2.24) is 10.1 Å². The van der Waals surface area contributed by atoms with E-state index >= 15 is 0 Å². The molecule has 0 unspecified atom stereocenters. The summed E-state index contributed by atoms with van der Waals surface area (Å²) in [4.78, 5) is 16.4.